The Morgan fingerprint density at radius 1 is 1.52 bits per heavy atom. The number of carbonyl (C=O) groups is 1. The highest BCUT2D eigenvalue weighted by molar-refractivity contribution is 5.91. The molecule has 2 rings (SSSR count). The van der Waals surface area contributed by atoms with Crippen LogP contribution in [0.1, 0.15) is 36.0 Å². The summed E-state index contributed by atoms with van der Waals surface area (Å²) in [6, 6.07) is 3.88. The summed E-state index contributed by atoms with van der Waals surface area (Å²) in [4.78, 5) is 22.2. The van der Waals surface area contributed by atoms with Gasteiger partial charge in [-0.3, -0.25) is 10.1 Å². The molecular weight excluding hydrogens is 272 g/mol. The maximum atomic E-state index is 12.0. The van der Waals surface area contributed by atoms with Crippen LogP contribution in [0.5, 0.6) is 0 Å². The van der Waals surface area contributed by atoms with E-state index >= 15 is 0 Å². The number of anilines is 1. The van der Waals surface area contributed by atoms with Crippen LogP contribution in [0.25, 0.3) is 0 Å². The highest BCUT2D eigenvalue weighted by atomic mass is 16.6. The van der Waals surface area contributed by atoms with Crippen LogP contribution >= 0.6 is 0 Å². The summed E-state index contributed by atoms with van der Waals surface area (Å²) in [7, 11) is 0. The van der Waals surface area contributed by atoms with E-state index < -0.39 is 10.9 Å². The number of hydrogen-bond acceptors (Lipinski definition) is 5. The van der Waals surface area contributed by atoms with Crippen LogP contribution in [-0.2, 0) is 4.74 Å². The Balaban J connectivity index is 2.06. The number of rotatable bonds is 5. The molecule has 0 spiro atoms. The highest BCUT2D eigenvalue weighted by Gasteiger charge is 2.37. The van der Waals surface area contributed by atoms with Gasteiger partial charge in [0.2, 0.25) is 0 Å². The van der Waals surface area contributed by atoms with Crippen LogP contribution in [0, 0.1) is 27.9 Å². The van der Waals surface area contributed by atoms with Gasteiger partial charge in [0.1, 0.15) is 5.69 Å². The first-order chi connectivity index (χ1) is 9.97. The number of benzene rings is 1. The lowest BCUT2D eigenvalue weighted by Crippen LogP contribution is -2.35. The summed E-state index contributed by atoms with van der Waals surface area (Å²) in [6.07, 6.45) is 8.85. The van der Waals surface area contributed by atoms with Crippen LogP contribution < -0.4 is 5.73 Å². The molecular formula is C15H16N2O4. The minimum Gasteiger partial charge on any atom is -0.461 e. The quantitative estimate of drug-likeness (QED) is 0.295. The lowest BCUT2D eigenvalue weighted by molar-refractivity contribution is -0.383. The third-order valence-corrected chi connectivity index (χ3v) is 3.86. The lowest BCUT2D eigenvalue weighted by atomic mass is 9.67. The summed E-state index contributed by atoms with van der Waals surface area (Å²) in [6.45, 7) is 0.244. The van der Waals surface area contributed by atoms with Crippen LogP contribution in [0.4, 0.5) is 11.4 Å². The zero-order valence-electron chi connectivity index (χ0n) is 11.5. The second kappa shape index (κ2) is 5.83. The van der Waals surface area contributed by atoms with E-state index in [1.54, 1.807) is 0 Å². The molecule has 110 valence electrons. The SMILES string of the molecule is C#CCC1(COC(=O)c2ccc(N)c([N+](=O)[O-])c2)CCC1. The Hall–Kier alpha value is -2.55. The summed E-state index contributed by atoms with van der Waals surface area (Å²) in [5.41, 5.74) is 5.20. The van der Waals surface area contributed by atoms with E-state index in [-0.39, 0.29) is 29.0 Å². The Morgan fingerprint density at radius 2 is 2.24 bits per heavy atom. The lowest BCUT2D eigenvalue weighted by Gasteiger charge is -2.39. The van der Waals surface area contributed by atoms with Gasteiger partial charge in [-0.05, 0) is 25.0 Å². The minimum absolute atomic E-state index is 0.0133. The van der Waals surface area contributed by atoms with Crippen LogP contribution in [0.15, 0.2) is 18.2 Å². The first kappa shape index (κ1) is 14.9. The molecule has 0 amide bonds. The number of hydrogen-bond donors (Lipinski definition) is 1. The predicted molar refractivity (Wildman–Crippen MR) is 77.5 cm³/mol. The normalized spacial score (nSPS) is 15.6. The van der Waals surface area contributed by atoms with Gasteiger partial charge in [-0.2, -0.15) is 0 Å². The van der Waals surface area contributed by atoms with Gasteiger partial charge in [-0.25, -0.2) is 4.79 Å². The van der Waals surface area contributed by atoms with E-state index in [1.165, 1.54) is 12.1 Å². The molecule has 0 aromatic heterocycles. The number of terminal acetylenes is 1. The van der Waals surface area contributed by atoms with Gasteiger partial charge in [0.25, 0.3) is 5.69 Å². The van der Waals surface area contributed by atoms with Crippen molar-refractivity contribution in [3.63, 3.8) is 0 Å². The second-order valence-electron chi connectivity index (χ2n) is 5.34. The molecule has 1 fully saturated rings. The number of nitrogen functional groups attached to an aromatic ring is 1. The van der Waals surface area contributed by atoms with E-state index in [1.807, 2.05) is 0 Å². The minimum atomic E-state index is -0.627. The smallest absolute Gasteiger partial charge is 0.338 e. The molecule has 0 saturated heterocycles. The van der Waals surface area contributed by atoms with Crippen molar-refractivity contribution in [2.24, 2.45) is 5.41 Å². The van der Waals surface area contributed by atoms with Gasteiger partial charge < -0.3 is 10.5 Å². The molecule has 6 nitrogen and oxygen atoms in total. The summed E-state index contributed by atoms with van der Waals surface area (Å²) in [5.74, 6) is 2.01. The van der Waals surface area contributed by atoms with Crippen molar-refractivity contribution in [2.45, 2.75) is 25.7 Å². The molecule has 0 bridgehead atoms. The largest absolute Gasteiger partial charge is 0.461 e. The van der Waals surface area contributed by atoms with Gasteiger partial charge in [0.15, 0.2) is 0 Å². The summed E-state index contributed by atoms with van der Waals surface area (Å²) >= 11 is 0. The molecule has 21 heavy (non-hydrogen) atoms. The topological polar surface area (TPSA) is 95.5 Å². The number of nitro groups is 1. The van der Waals surface area contributed by atoms with Crippen LogP contribution in [-0.4, -0.2) is 17.5 Å². The van der Waals surface area contributed by atoms with Crippen molar-refractivity contribution in [3.05, 3.63) is 33.9 Å². The molecule has 0 radical (unpaired) electrons. The molecule has 0 heterocycles. The third-order valence-electron chi connectivity index (χ3n) is 3.86. The number of carbonyl (C=O) groups excluding carboxylic acids is 1. The van der Waals surface area contributed by atoms with Gasteiger partial charge in [-0.1, -0.05) is 6.42 Å². The number of esters is 1. The van der Waals surface area contributed by atoms with Gasteiger partial charge in [0, 0.05) is 17.9 Å². The molecule has 6 heteroatoms. The van der Waals surface area contributed by atoms with Crippen molar-refractivity contribution in [1.82, 2.24) is 0 Å². The molecule has 0 aliphatic heterocycles. The standard InChI is InChI=1S/C15H16N2O4/c1-2-6-15(7-3-8-15)10-21-14(18)11-4-5-12(16)13(9-11)17(19)20/h1,4-5,9H,3,6-8,10,16H2. The van der Waals surface area contributed by atoms with Crippen LogP contribution in [0.2, 0.25) is 0 Å². The number of ether oxygens (including phenoxy) is 1. The third kappa shape index (κ3) is 3.14. The number of nitro benzene ring substituents is 1. The Kier molecular flexibility index (Phi) is 4.13. The van der Waals surface area contributed by atoms with E-state index in [0.717, 1.165) is 25.3 Å². The molecule has 2 N–H and O–H groups in total. The average molecular weight is 288 g/mol. The predicted octanol–water partition coefficient (Wildman–Crippen LogP) is 2.53. The second-order valence-corrected chi connectivity index (χ2v) is 5.34. The van der Waals surface area contributed by atoms with Crippen molar-refractivity contribution in [2.75, 3.05) is 12.3 Å². The molecule has 1 aromatic carbocycles. The monoisotopic (exact) mass is 288 g/mol. The Morgan fingerprint density at radius 3 is 2.76 bits per heavy atom. The molecule has 0 atom stereocenters. The van der Waals surface area contributed by atoms with E-state index in [2.05, 4.69) is 5.92 Å². The molecule has 1 aliphatic rings. The van der Waals surface area contributed by atoms with E-state index in [0.29, 0.717) is 6.42 Å². The van der Waals surface area contributed by atoms with Gasteiger partial charge in [0.05, 0.1) is 17.1 Å². The number of nitrogens with zero attached hydrogens (tertiary/aromatic N) is 1. The first-order valence-electron chi connectivity index (χ1n) is 6.62. The molecule has 0 unspecified atom stereocenters. The van der Waals surface area contributed by atoms with Gasteiger partial charge in [-0.15, -0.1) is 12.3 Å². The van der Waals surface area contributed by atoms with Crippen molar-refractivity contribution in [1.29, 1.82) is 0 Å². The number of nitrogens with two attached hydrogens (primary N) is 1. The van der Waals surface area contributed by atoms with Crippen molar-refractivity contribution >= 4 is 17.3 Å². The average Bonchev–Trinajstić information content (AvgIpc) is 2.41. The zero-order valence-corrected chi connectivity index (χ0v) is 11.5. The molecule has 1 aromatic rings. The van der Waals surface area contributed by atoms with Crippen LogP contribution in [0.3, 0.4) is 0 Å². The fourth-order valence-electron chi connectivity index (χ4n) is 2.40. The maximum Gasteiger partial charge on any atom is 0.338 e. The molecule has 1 aliphatic carbocycles. The Bertz CT molecular complexity index is 615. The fourth-order valence-corrected chi connectivity index (χ4v) is 2.40. The zero-order chi connectivity index (χ0) is 15.5. The van der Waals surface area contributed by atoms with Gasteiger partial charge >= 0.3 is 5.97 Å². The fraction of sp³-hybridized carbons (Fsp3) is 0.400. The van der Waals surface area contributed by atoms with E-state index in [9.17, 15) is 14.9 Å². The van der Waals surface area contributed by atoms with Crippen molar-refractivity contribution < 1.29 is 14.5 Å². The highest BCUT2D eigenvalue weighted by Crippen LogP contribution is 2.44. The molecule has 1 saturated carbocycles. The Labute approximate surface area is 122 Å². The first-order valence-corrected chi connectivity index (χ1v) is 6.62. The summed E-state index contributed by atoms with van der Waals surface area (Å²) in [5, 5.41) is 10.8. The summed E-state index contributed by atoms with van der Waals surface area (Å²) < 4.78 is 5.26. The van der Waals surface area contributed by atoms with Crippen molar-refractivity contribution in [3.8, 4) is 12.3 Å². The van der Waals surface area contributed by atoms with E-state index in [4.69, 9.17) is 16.9 Å². The maximum absolute atomic E-state index is 12.0.